The molecule has 3 rings (SSSR count). The first-order valence-corrected chi connectivity index (χ1v) is 9.69. The summed E-state index contributed by atoms with van der Waals surface area (Å²) in [4.78, 5) is 4.25. The molecule has 0 atom stereocenters. The Morgan fingerprint density at radius 1 is 1.08 bits per heavy atom. The number of aromatic nitrogens is 1. The summed E-state index contributed by atoms with van der Waals surface area (Å²) in [6.07, 6.45) is 0. The zero-order valence-electron chi connectivity index (χ0n) is 12.3. The summed E-state index contributed by atoms with van der Waals surface area (Å²) in [5.41, 5.74) is 1.23. The second kappa shape index (κ2) is 6.52. The van der Waals surface area contributed by atoms with E-state index in [0.717, 1.165) is 11.1 Å². The van der Waals surface area contributed by atoms with Gasteiger partial charge in [0.25, 0.3) is 0 Å². The Hall–Kier alpha value is -1.34. The van der Waals surface area contributed by atoms with Gasteiger partial charge in [-0.1, -0.05) is 41.4 Å². The molecular formula is C16H10BrCl2NO3S. The summed E-state index contributed by atoms with van der Waals surface area (Å²) in [5, 5.41) is 1.14. The van der Waals surface area contributed by atoms with Gasteiger partial charge in [-0.15, -0.1) is 0 Å². The minimum atomic E-state index is -4.12. The van der Waals surface area contributed by atoms with E-state index >= 15 is 0 Å². The molecule has 0 bridgehead atoms. The Labute approximate surface area is 157 Å². The van der Waals surface area contributed by atoms with Crippen LogP contribution in [0.1, 0.15) is 5.69 Å². The van der Waals surface area contributed by atoms with Gasteiger partial charge in [-0.25, -0.2) is 4.98 Å². The van der Waals surface area contributed by atoms with Gasteiger partial charge in [0.15, 0.2) is 5.75 Å². The van der Waals surface area contributed by atoms with E-state index in [-0.39, 0.29) is 25.2 Å². The molecule has 0 fully saturated rings. The average Bonchev–Trinajstić information content (AvgIpc) is 2.51. The molecule has 0 unspecified atom stereocenters. The molecule has 0 spiro atoms. The van der Waals surface area contributed by atoms with Crippen molar-refractivity contribution >= 4 is 60.2 Å². The highest BCUT2D eigenvalue weighted by atomic mass is 79.9. The quantitative estimate of drug-likeness (QED) is 0.400. The molecule has 3 aromatic rings. The van der Waals surface area contributed by atoms with E-state index in [0.29, 0.717) is 5.52 Å². The van der Waals surface area contributed by atoms with Gasteiger partial charge in [0.05, 0.1) is 10.0 Å². The molecule has 0 saturated heterocycles. The number of hydrogen-bond donors (Lipinski definition) is 0. The normalized spacial score (nSPS) is 11.7. The van der Waals surface area contributed by atoms with Crippen molar-refractivity contribution in [2.24, 2.45) is 0 Å². The number of para-hydroxylation sites is 1. The summed E-state index contributed by atoms with van der Waals surface area (Å²) in [6.45, 7) is 1.82. The maximum atomic E-state index is 12.6. The second-order valence-corrected chi connectivity index (χ2v) is 8.20. The monoisotopic (exact) mass is 445 g/mol. The molecule has 0 aliphatic carbocycles. The number of aryl methyl sites for hydroxylation is 1. The third kappa shape index (κ3) is 3.37. The first-order chi connectivity index (χ1) is 11.3. The van der Waals surface area contributed by atoms with Gasteiger partial charge >= 0.3 is 10.1 Å². The maximum absolute atomic E-state index is 12.6. The van der Waals surface area contributed by atoms with Crippen LogP contribution in [-0.4, -0.2) is 13.4 Å². The van der Waals surface area contributed by atoms with Crippen LogP contribution in [-0.2, 0) is 10.1 Å². The highest BCUT2D eigenvalue weighted by molar-refractivity contribution is 9.10. The van der Waals surface area contributed by atoms with Crippen LogP contribution in [0.5, 0.6) is 5.75 Å². The van der Waals surface area contributed by atoms with Gasteiger partial charge in [0.1, 0.15) is 10.4 Å². The number of nitrogens with zero attached hydrogens (tertiary/aromatic N) is 1. The van der Waals surface area contributed by atoms with Gasteiger partial charge in [-0.2, -0.15) is 8.42 Å². The summed E-state index contributed by atoms with van der Waals surface area (Å²) < 4.78 is 30.8. The second-order valence-electron chi connectivity index (χ2n) is 5.01. The molecule has 1 heterocycles. The Morgan fingerprint density at radius 2 is 1.79 bits per heavy atom. The van der Waals surface area contributed by atoms with Crippen molar-refractivity contribution in [1.82, 2.24) is 4.98 Å². The van der Waals surface area contributed by atoms with E-state index in [1.807, 2.05) is 25.1 Å². The van der Waals surface area contributed by atoms with E-state index in [1.54, 1.807) is 12.1 Å². The molecule has 0 aliphatic heterocycles. The van der Waals surface area contributed by atoms with Gasteiger partial charge in [0, 0.05) is 15.6 Å². The van der Waals surface area contributed by atoms with Crippen molar-refractivity contribution in [2.45, 2.75) is 11.8 Å². The van der Waals surface area contributed by atoms with Crippen molar-refractivity contribution in [1.29, 1.82) is 0 Å². The molecule has 2 aromatic carbocycles. The Bertz CT molecular complexity index is 1050. The summed E-state index contributed by atoms with van der Waals surface area (Å²) >= 11 is 15.0. The number of rotatable bonds is 3. The van der Waals surface area contributed by atoms with Gasteiger partial charge in [-0.3, -0.25) is 0 Å². The SMILES string of the molecule is Cc1ccc2cccc(OS(=O)(=O)c3cc(Cl)c(Cl)cc3Br)c2n1. The number of hydrogen-bond acceptors (Lipinski definition) is 4. The maximum Gasteiger partial charge on any atom is 0.340 e. The molecule has 0 aliphatic rings. The van der Waals surface area contributed by atoms with Crippen molar-refractivity contribution < 1.29 is 12.6 Å². The molecule has 8 heteroatoms. The molecule has 0 amide bonds. The number of fused-ring (bicyclic) bond motifs is 1. The first kappa shape index (κ1) is 17.5. The lowest BCUT2D eigenvalue weighted by Crippen LogP contribution is -2.11. The van der Waals surface area contributed by atoms with Crippen LogP contribution >= 0.6 is 39.1 Å². The van der Waals surface area contributed by atoms with Crippen LogP contribution < -0.4 is 4.18 Å². The fourth-order valence-corrected chi connectivity index (χ4v) is 4.63. The molecule has 1 aromatic heterocycles. The predicted octanol–water partition coefficient (Wildman–Crippen LogP) is 5.38. The molecule has 0 radical (unpaired) electrons. The third-order valence-electron chi connectivity index (χ3n) is 3.27. The molecule has 24 heavy (non-hydrogen) atoms. The molecule has 0 N–H and O–H groups in total. The standard InChI is InChI=1S/C16H10BrCl2NO3S/c1-9-5-6-10-3-2-4-14(16(10)20-9)23-24(21,22)15-8-13(19)12(18)7-11(15)17/h2-8H,1H3. The highest BCUT2D eigenvalue weighted by Gasteiger charge is 2.23. The lowest BCUT2D eigenvalue weighted by Gasteiger charge is -2.11. The minimum absolute atomic E-state index is 0.110. The van der Waals surface area contributed by atoms with Crippen LogP contribution in [0.3, 0.4) is 0 Å². The number of benzene rings is 2. The molecule has 4 nitrogen and oxygen atoms in total. The predicted molar refractivity (Wildman–Crippen MR) is 98.5 cm³/mol. The fraction of sp³-hybridized carbons (Fsp3) is 0.0625. The van der Waals surface area contributed by atoms with Crippen LogP contribution in [0.4, 0.5) is 0 Å². The Kier molecular flexibility index (Phi) is 4.75. The lowest BCUT2D eigenvalue weighted by atomic mass is 10.2. The number of pyridine rings is 1. The topological polar surface area (TPSA) is 56.3 Å². The zero-order chi connectivity index (χ0) is 17.5. The minimum Gasteiger partial charge on any atom is -0.377 e. The highest BCUT2D eigenvalue weighted by Crippen LogP contribution is 2.34. The first-order valence-electron chi connectivity index (χ1n) is 6.73. The van der Waals surface area contributed by atoms with E-state index < -0.39 is 10.1 Å². The molecular weight excluding hydrogens is 437 g/mol. The lowest BCUT2D eigenvalue weighted by molar-refractivity contribution is 0.487. The average molecular weight is 447 g/mol. The van der Waals surface area contributed by atoms with Crippen molar-refractivity contribution in [3.63, 3.8) is 0 Å². The Morgan fingerprint density at radius 3 is 2.54 bits per heavy atom. The zero-order valence-corrected chi connectivity index (χ0v) is 16.2. The van der Waals surface area contributed by atoms with E-state index in [4.69, 9.17) is 27.4 Å². The van der Waals surface area contributed by atoms with Crippen LogP contribution in [0.2, 0.25) is 10.0 Å². The summed E-state index contributed by atoms with van der Waals surface area (Å²) in [5.74, 6) is 0.147. The molecule has 0 saturated carbocycles. The van der Waals surface area contributed by atoms with E-state index in [9.17, 15) is 8.42 Å². The van der Waals surface area contributed by atoms with Crippen LogP contribution in [0.25, 0.3) is 10.9 Å². The van der Waals surface area contributed by atoms with Crippen LogP contribution in [0, 0.1) is 6.92 Å². The molecule has 124 valence electrons. The number of halogens is 3. The van der Waals surface area contributed by atoms with Crippen LogP contribution in [0.15, 0.2) is 51.8 Å². The summed E-state index contributed by atoms with van der Waals surface area (Å²) in [7, 11) is -4.12. The summed E-state index contributed by atoms with van der Waals surface area (Å²) in [6, 6.07) is 11.4. The van der Waals surface area contributed by atoms with Gasteiger partial charge in [-0.05, 0) is 47.1 Å². The van der Waals surface area contributed by atoms with Gasteiger partial charge in [0.2, 0.25) is 0 Å². The van der Waals surface area contributed by atoms with E-state index in [1.165, 1.54) is 12.1 Å². The smallest absolute Gasteiger partial charge is 0.340 e. The van der Waals surface area contributed by atoms with Crippen molar-refractivity contribution in [3.05, 3.63) is 62.7 Å². The fourth-order valence-electron chi connectivity index (χ4n) is 2.14. The largest absolute Gasteiger partial charge is 0.377 e. The van der Waals surface area contributed by atoms with E-state index in [2.05, 4.69) is 20.9 Å². The van der Waals surface area contributed by atoms with Crippen molar-refractivity contribution in [2.75, 3.05) is 0 Å². The Balaban J connectivity index is 2.11. The van der Waals surface area contributed by atoms with Crippen molar-refractivity contribution in [3.8, 4) is 5.75 Å². The van der Waals surface area contributed by atoms with Gasteiger partial charge < -0.3 is 4.18 Å². The third-order valence-corrected chi connectivity index (χ3v) is 6.18.